The van der Waals surface area contributed by atoms with Gasteiger partial charge in [0.1, 0.15) is 18.1 Å². The van der Waals surface area contributed by atoms with E-state index in [0.29, 0.717) is 48.6 Å². The summed E-state index contributed by atoms with van der Waals surface area (Å²) in [5.41, 5.74) is 5.92. The molecule has 0 radical (unpaired) electrons. The minimum absolute atomic E-state index is 0.0603. The Balaban J connectivity index is 1.98. The molecule has 6 nitrogen and oxygen atoms in total. The second-order valence-corrected chi connectivity index (χ2v) is 8.39. The molecule has 122 valence electrons. The summed E-state index contributed by atoms with van der Waals surface area (Å²) in [6.07, 6.45) is 1.34. The number of benzene rings is 1. The van der Waals surface area contributed by atoms with Crippen molar-refractivity contribution < 1.29 is 17.9 Å². The molecule has 1 fully saturated rings. The number of hydrogen-bond donors (Lipinski definition) is 1. The van der Waals surface area contributed by atoms with Gasteiger partial charge in [-0.05, 0) is 41.8 Å². The van der Waals surface area contributed by atoms with Crippen molar-refractivity contribution in [1.29, 1.82) is 0 Å². The molecule has 22 heavy (non-hydrogen) atoms. The average Bonchev–Trinajstić information content (AvgIpc) is 2.46. The van der Waals surface area contributed by atoms with Crippen LogP contribution in [0.3, 0.4) is 0 Å². The zero-order valence-electron chi connectivity index (χ0n) is 12.3. The van der Waals surface area contributed by atoms with E-state index in [2.05, 4.69) is 15.9 Å². The van der Waals surface area contributed by atoms with Gasteiger partial charge in [-0.25, -0.2) is 8.42 Å². The number of nitrogens with zero attached hydrogens (tertiary/aromatic N) is 1. The molecule has 8 heteroatoms. The number of halogens is 1. The second-order valence-electron chi connectivity index (χ2n) is 5.68. The fourth-order valence-corrected chi connectivity index (χ4v) is 5.57. The van der Waals surface area contributed by atoms with Crippen LogP contribution in [-0.2, 0) is 10.0 Å². The maximum Gasteiger partial charge on any atom is 0.244 e. The van der Waals surface area contributed by atoms with Crippen LogP contribution < -0.4 is 15.2 Å². The highest BCUT2D eigenvalue weighted by atomic mass is 79.9. The van der Waals surface area contributed by atoms with Crippen molar-refractivity contribution in [2.45, 2.75) is 36.7 Å². The third-order valence-corrected chi connectivity index (χ3v) is 7.01. The molecule has 0 aliphatic carbocycles. The lowest BCUT2D eigenvalue weighted by Gasteiger charge is -2.35. The molecule has 2 atom stereocenters. The largest absolute Gasteiger partial charge is 0.486 e. The molecule has 2 heterocycles. The molecule has 2 aliphatic rings. The molecule has 0 amide bonds. The van der Waals surface area contributed by atoms with Gasteiger partial charge < -0.3 is 15.2 Å². The lowest BCUT2D eigenvalue weighted by Crippen LogP contribution is -2.48. The number of ether oxygens (including phenoxy) is 2. The van der Waals surface area contributed by atoms with E-state index in [1.165, 1.54) is 10.4 Å². The molecule has 3 rings (SSSR count). The van der Waals surface area contributed by atoms with Crippen molar-refractivity contribution >= 4 is 26.0 Å². The van der Waals surface area contributed by atoms with Gasteiger partial charge in [-0.1, -0.05) is 0 Å². The molecule has 1 aromatic carbocycles. The van der Waals surface area contributed by atoms with Gasteiger partial charge >= 0.3 is 0 Å². The van der Waals surface area contributed by atoms with Gasteiger partial charge in [-0.2, -0.15) is 4.31 Å². The number of rotatable bonds is 2. The molecule has 0 saturated carbocycles. The summed E-state index contributed by atoms with van der Waals surface area (Å²) in [4.78, 5) is 0.207. The molecule has 0 bridgehead atoms. The van der Waals surface area contributed by atoms with Gasteiger partial charge in [-0.3, -0.25) is 0 Å². The molecule has 0 unspecified atom stereocenters. The van der Waals surface area contributed by atoms with Crippen molar-refractivity contribution in [2.75, 3.05) is 19.8 Å². The van der Waals surface area contributed by atoms with Gasteiger partial charge in [-0.15, -0.1) is 0 Å². The topological polar surface area (TPSA) is 81.9 Å². The number of nitrogens with two attached hydrogens (primary N) is 1. The van der Waals surface area contributed by atoms with E-state index in [-0.39, 0.29) is 17.0 Å². The SMILES string of the molecule is C[C@H]1C[C@@H](N)CCN1S(=O)(=O)c1cc2c(cc1Br)OCCO2. The number of fused-ring (bicyclic) bond motifs is 1. The van der Waals surface area contributed by atoms with Crippen LogP contribution in [0, 0.1) is 0 Å². The molecule has 1 saturated heterocycles. The number of sulfonamides is 1. The van der Waals surface area contributed by atoms with Gasteiger partial charge in [0.25, 0.3) is 0 Å². The normalized spacial score (nSPS) is 26.0. The van der Waals surface area contributed by atoms with Crippen molar-refractivity contribution in [1.82, 2.24) is 4.31 Å². The Morgan fingerprint density at radius 3 is 2.55 bits per heavy atom. The fourth-order valence-electron chi connectivity index (χ4n) is 2.91. The Morgan fingerprint density at radius 1 is 1.27 bits per heavy atom. The first-order valence-corrected chi connectivity index (χ1v) is 9.49. The van der Waals surface area contributed by atoms with Crippen molar-refractivity contribution in [3.63, 3.8) is 0 Å². The summed E-state index contributed by atoms with van der Waals surface area (Å²) in [6.45, 7) is 3.21. The minimum atomic E-state index is -3.60. The lowest BCUT2D eigenvalue weighted by atomic mass is 10.0. The predicted molar refractivity (Wildman–Crippen MR) is 85.7 cm³/mol. The molecule has 2 N–H and O–H groups in total. The van der Waals surface area contributed by atoms with E-state index >= 15 is 0 Å². The van der Waals surface area contributed by atoms with Crippen LogP contribution >= 0.6 is 15.9 Å². The zero-order valence-corrected chi connectivity index (χ0v) is 14.7. The van der Waals surface area contributed by atoms with Gasteiger partial charge in [0, 0.05) is 29.2 Å². The summed E-state index contributed by atoms with van der Waals surface area (Å²) >= 11 is 3.34. The summed E-state index contributed by atoms with van der Waals surface area (Å²) in [7, 11) is -3.60. The standard InChI is InChI=1S/C14H19BrN2O4S/c1-9-6-10(16)2-3-17(9)22(18,19)14-8-13-12(7-11(14)15)20-4-5-21-13/h7-10H,2-6,16H2,1H3/t9-,10-/m0/s1. The third-order valence-electron chi connectivity index (χ3n) is 4.04. The Morgan fingerprint density at radius 2 is 1.91 bits per heavy atom. The van der Waals surface area contributed by atoms with Crippen molar-refractivity contribution in [3.05, 3.63) is 16.6 Å². The quantitative estimate of drug-likeness (QED) is 0.830. The van der Waals surface area contributed by atoms with Gasteiger partial charge in [0.05, 0.1) is 0 Å². The van der Waals surface area contributed by atoms with Crippen LogP contribution in [0.1, 0.15) is 19.8 Å². The third kappa shape index (κ3) is 2.84. The van der Waals surface area contributed by atoms with E-state index in [9.17, 15) is 8.42 Å². The van der Waals surface area contributed by atoms with E-state index in [4.69, 9.17) is 15.2 Å². The van der Waals surface area contributed by atoms with E-state index in [0.717, 1.165) is 0 Å². The second kappa shape index (κ2) is 5.99. The first-order chi connectivity index (χ1) is 10.4. The Kier molecular flexibility index (Phi) is 4.37. The molecule has 0 spiro atoms. The lowest BCUT2D eigenvalue weighted by molar-refractivity contribution is 0.170. The van der Waals surface area contributed by atoms with E-state index in [1.54, 1.807) is 6.07 Å². The van der Waals surface area contributed by atoms with Gasteiger partial charge in [0.2, 0.25) is 10.0 Å². The van der Waals surface area contributed by atoms with Crippen LogP contribution in [0.5, 0.6) is 11.5 Å². The van der Waals surface area contributed by atoms with E-state index in [1.807, 2.05) is 6.92 Å². The molecule has 1 aromatic rings. The predicted octanol–water partition coefficient (Wildman–Crippen LogP) is 1.72. The van der Waals surface area contributed by atoms with Crippen molar-refractivity contribution in [2.24, 2.45) is 5.73 Å². The summed E-state index contributed by atoms with van der Waals surface area (Å²) in [5, 5.41) is 0. The van der Waals surface area contributed by atoms with Crippen LogP contribution in [0.25, 0.3) is 0 Å². The highest BCUT2D eigenvalue weighted by molar-refractivity contribution is 9.10. The smallest absolute Gasteiger partial charge is 0.244 e. The van der Waals surface area contributed by atoms with Gasteiger partial charge in [0.15, 0.2) is 11.5 Å². The highest BCUT2D eigenvalue weighted by Crippen LogP contribution is 2.39. The molecular weight excluding hydrogens is 372 g/mol. The van der Waals surface area contributed by atoms with Crippen LogP contribution in [0.15, 0.2) is 21.5 Å². The summed E-state index contributed by atoms with van der Waals surface area (Å²) in [6, 6.07) is 3.13. The molecular formula is C14H19BrN2O4S. The first-order valence-electron chi connectivity index (χ1n) is 7.26. The van der Waals surface area contributed by atoms with E-state index < -0.39 is 10.0 Å². The Hall–Kier alpha value is -0.830. The monoisotopic (exact) mass is 390 g/mol. The number of hydrogen-bond acceptors (Lipinski definition) is 5. The first kappa shape index (κ1) is 16.0. The summed E-state index contributed by atoms with van der Waals surface area (Å²) < 4.78 is 38.9. The molecule has 2 aliphatic heterocycles. The summed E-state index contributed by atoms with van der Waals surface area (Å²) in [5.74, 6) is 1.03. The highest BCUT2D eigenvalue weighted by Gasteiger charge is 2.35. The average molecular weight is 391 g/mol. The number of piperidine rings is 1. The maximum absolute atomic E-state index is 13.0. The maximum atomic E-state index is 13.0. The Labute approximate surface area is 138 Å². The van der Waals surface area contributed by atoms with Crippen LogP contribution in [0.2, 0.25) is 0 Å². The minimum Gasteiger partial charge on any atom is -0.486 e. The Bertz CT molecular complexity index is 680. The fraction of sp³-hybridized carbons (Fsp3) is 0.571. The van der Waals surface area contributed by atoms with Crippen LogP contribution in [0.4, 0.5) is 0 Å². The van der Waals surface area contributed by atoms with Crippen LogP contribution in [-0.4, -0.2) is 44.6 Å². The molecule has 0 aromatic heterocycles. The van der Waals surface area contributed by atoms with Crippen molar-refractivity contribution in [3.8, 4) is 11.5 Å². The zero-order chi connectivity index (χ0) is 15.9.